The molecule has 1 unspecified atom stereocenters. The molecule has 0 radical (unpaired) electrons. The van der Waals surface area contributed by atoms with E-state index in [1.807, 2.05) is 0 Å². The molecule has 18 heavy (non-hydrogen) atoms. The molecule has 0 aliphatic carbocycles. The number of carboxylic acid groups (broad SMARTS) is 1. The monoisotopic (exact) mass is 289 g/mol. The van der Waals surface area contributed by atoms with E-state index in [0.29, 0.717) is 22.0 Å². The maximum atomic E-state index is 11.9. The van der Waals surface area contributed by atoms with E-state index in [0.717, 1.165) is 0 Å². The smallest absolute Gasteiger partial charge is 0.305 e. The molecule has 1 rings (SSSR count). The molecule has 0 heterocycles. The van der Waals surface area contributed by atoms with Crippen LogP contribution in [0.3, 0.4) is 0 Å². The van der Waals surface area contributed by atoms with E-state index in [9.17, 15) is 9.59 Å². The van der Waals surface area contributed by atoms with E-state index in [2.05, 4.69) is 5.32 Å². The minimum Gasteiger partial charge on any atom is -0.481 e. The van der Waals surface area contributed by atoms with Crippen LogP contribution in [-0.4, -0.2) is 23.0 Å². The van der Waals surface area contributed by atoms with Crippen molar-refractivity contribution in [2.24, 2.45) is 0 Å². The van der Waals surface area contributed by atoms with Crippen LogP contribution in [0.25, 0.3) is 0 Å². The second-order valence-corrected chi connectivity index (χ2v) is 4.71. The molecule has 0 aromatic heterocycles. The van der Waals surface area contributed by atoms with Gasteiger partial charge in [0.05, 0.1) is 6.42 Å². The highest BCUT2D eigenvalue weighted by atomic mass is 35.5. The highest BCUT2D eigenvalue weighted by Crippen LogP contribution is 2.19. The van der Waals surface area contributed by atoms with Crippen LogP contribution in [0.15, 0.2) is 18.2 Å². The van der Waals surface area contributed by atoms with Crippen LogP contribution < -0.4 is 5.32 Å². The van der Waals surface area contributed by atoms with E-state index >= 15 is 0 Å². The topological polar surface area (TPSA) is 66.4 Å². The Morgan fingerprint density at radius 3 is 2.28 bits per heavy atom. The van der Waals surface area contributed by atoms with Crippen molar-refractivity contribution in [3.8, 4) is 0 Å². The summed E-state index contributed by atoms with van der Waals surface area (Å²) < 4.78 is 0. The number of hydrogen-bond acceptors (Lipinski definition) is 2. The van der Waals surface area contributed by atoms with E-state index < -0.39 is 12.0 Å². The molecular weight excluding hydrogens is 277 g/mol. The Morgan fingerprint density at radius 1 is 1.28 bits per heavy atom. The van der Waals surface area contributed by atoms with Crippen molar-refractivity contribution < 1.29 is 14.7 Å². The third-order valence-corrected chi connectivity index (χ3v) is 2.81. The Hall–Kier alpha value is -1.26. The van der Waals surface area contributed by atoms with Gasteiger partial charge in [0.25, 0.3) is 5.91 Å². The standard InChI is InChI=1S/C12H13Cl2NO3/c1-2-10(6-11(16)17)15-12(18)7-3-8(13)5-9(14)4-7/h3-5,10H,2,6H2,1H3,(H,15,18)(H,16,17). The minimum absolute atomic E-state index is 0.115. The van der Waals surface area contributed by atoms with Gasteiger partial charge in [-0.05, 0) is 24.6 Å². The summed E-state index contributed by atoms with van der Waals surface area (Å²) in [6.45, 7) is 1.80. The summed E-state index contributed by atoms with van der Waals surface area (Å²) in [6, 6.07) is 4.08. The second kappa shape index (κ2) is 6.61. The lowest BCUT2D eigenvalue weighted by molar-refractivity contribution is -0.137. The van der Waals surface area contributed by atoms with Crippen molar-refractivity contribution in [3.63, 3.8) is 0 Å². The van der Waals surface area contributed by atoms with Crippen LogP contribution in [-0.2, 0) is 4.79 Å². The average molecular weight is 290 g/mol. The van der Waals surface area contributed by atoms with Gasteiger partial charge in [0.1, 0.15) is 0 Å². The molecule has 98 valence electrons. The first-order chi connectivity index (χ1) is 8.42. The Morgan fingerprint density at radius 2 is 1.83 bits per heavy atom. The van der Waals surface area contributed by atoms with Crippen molar-refractivity contribution in [1.29, 1.82) is 0 Å². The first kappa shape index (κ1) is 14.8. The number of amides is 1. The van der Waals surface area contributed by atoms with Crippen molar-refractivity contribution >= 4 is 35.1 Å². The molecule has 0 saturated carbocycles. The van der Waals surface area contributed by atoms with Gasteiger partial charge >= 0.3 is 5.97 Å². The van der Waals surface area contributed by atoms with Crippen molar-refractivity contribution in [1.82, 2.24) is 5.32 Å². The molecule has 0 spiro atoms. The Bertz CT molecular complexity index is 442. The van der Waals surface area contributed by atoms with E-state index in [-0.39, 0.29) is 12.3 Å². The maximum absolute atomic E-state index is 11.9. The fraction of sp³-hybridized carbons (Fsp3) is 0.333. The van der Waals surface area contributed by atoms with Crippen molar-refractivity contribution in [3.05, 3.63) is 33.8 Å². The summed E-state index contributed by atoms with van der Waals surface area (Å²) in [5, 5.41) is 12.0. The lowest BCUT2D eigenvalue weighted by Gasteiger charge is -2.15. The zero-order valence-electron chi connectivity index (χ0n) is 9.74. The zero-order chi connectivity index (χ0) is 13.7. The molecule has 0 fully saturated rings. The lowest BCUT2D eigenvalue weighted by Crippen LogP contribution is -2.36. The van der Waals surface area contributed by atoms with Crippen molar-refractivity contribution in [2.45, 2.75) is 25.8 Å². The minimum atomic E-state index is -0.953. The quantitative estimate of drug-likeness (QED) is 0.876. The first-order valence-corrected chi connectivity index (χ1v) is 6.16. The van der Waals surface area contributed by atoms with Crippen LogP contribution in [0.5, 0.6) is 0 Å². The van der Waals surface area contributed by atoms with Crippen LogP contribution >= 0.6 is 23.2 Å². The van der Waals surface area contributed by atoms with Gasteiger partial charge < -0.3 is 10.4 Å². The predicted octanol–water partition coefficient (Wildman–Crippen LogP) is 2.98. The summed E-state index contributed by atoms with van der Waals surface area (Å²) in [5.74, 6) is -1.33. The number of nitrogens with one attached hydrogen (secondary N) is 1. The number of halogens is 2. The number of benzene rings is 1. The number of carbonyl (C=O) groups is 2. The molecule has 0 aliphatic heterocycles. The summed E-state index contributed by atoms with van der Waals surface area (Å²) in [7, 11) is 0. The fourth-order valence-electron chi connectivity index (χ4n) is 1.46. The average Bonchev–Trinajstić information content (AvgIpc) is 2.26. The van der Waals surface area contributed by atoms with Crippen molar-refractivity contribution in [2.75, 3.05) is 0 Å². The molecule has 6 heteroatoms. The second-order valence-electron chi connectivity index (χ2n) is 3.83. The van der Waals surface area contributed by atoms with Gasteiger partial charge in [-0.1, -0.05) is 30.1 Å². The normalized spacial score (nSPS) is 11.9. The third kappa shape index (κ3) is 4.55. The first-order valence-electron chi connectivity index (χ1n) is 5.41. The van der Waals surface area contributed by atoms with Crippen LogP contribution in [0.1, 0.15) is 30.1 Å². The highest BCUT2D eigenvalue weighted by molar-refractivity contribution is 6.35. The summed E-state index contributed by atoms with van der Waals surface area (Å²) in [4.78, 5) is 22.5. The predicted molar refractivity (Wildman–Crippen MR) is 70.3 cm³/mol. The van der Waals surface area contributed by atoms with E-state index in [1.165, 1.54) is 18.2 Å². The molecule has 0 bridgehead atoms. The zero-order valence-corrected chi connectivity index (χ0v) is 11.3. The highest BCUT2D eigenvalue weighted by Gasteiger charge is 2.15. The molecule has 0 saturated heterocycles. The molecule has 0 aliphatic rings. The van der Waals surface area contributed by atoms with Crippen LogP contribution in [0.2, 0.25) is 10.0 Å². The van der Waals surface area contributed by atoms with E-state index in [4.69, 9.17) is 28.3 Å². The summed E-state index contributed by atoms with van der Waals surface area (Å²) in [6.07, 6.45) is 0.420. The van der Waals surface area contributed by atoms with Gasteiger partial charge in [0.15, 0.2) is 0 Å². The van der Waals surface area contributed by atoms with Crippen LogP contribution in [0, 0.1) is 0 Å². The number of carboxylic acids is 1. The number of rotatable bonds is 5. The molecule has 1 aromatic carbocycles. The largest absolute Gasteiger partial charge is 0.481 e. The number of carbonyl (C=O) groups excluding carboxylic acids is 1. The third-order valence-electron chi connectivity index (χ3n) is 2.37. The summed E-state index contributed by atoms with van der Waals surface area (Å²) in [5.41, 5.74) is 0.316. The number of hydrogen-bond donors (Lipinski definition) is 2. The molecule has 2 N–H and O–H groups in total. The van der Waals surface area contributed by atoms with E-state index in [1.54, 1.807) is 6.92 Å². The van der Waals surface area contributed by atoms with Gasteiger partial charge in [0.2, 0.25) is 0 Å². The van der Waals surface area contributed by atoms with Gasteiger partial charge in [-0.3, -0.25) is 9.59 Å². The number of aliphatic carboxylic acids is 1. The molecule has 1 aromatic rings. The SMILES string of the molecule is CCC(CC(=O)O)NC(=O)c1cc(Cl)cc(Cl)c1. The van der Waals surface area contributed by atoms with Gasteiger partial charge in [-0.15, -0.1) is 0 Å². The van der Waals surface area contributed by atoms with Gasteiger partial charge in [0, 0.05) is 21.7 Å². The Balaban J connectivity index is 2.77. The van der Waals surface area contributed by atoms with Gasteiger partial charge in [-0.2, -0.15) is 0 Å². The molecule has 1 amide bonds. The lowest BCUT2D eigenvalue weighted by atomic mass is 10.1. The molecule has 4 nitrogen and oxygen atoms in total. The molecular formula is C12H13Cl2NO3. The van der Waals surface area contributed by atoms with Gasteiger partial charge in [-0.25, -0.2) is 0 Å². The fourth-order valence-corrected chi connectivity index (χ4v) is 1.99. The summed E-state index contributed by atoms with van der Waals surface area (Å²) >= 11 is 11.6. The molecule has 1 atom stereocenters. The van der Waals surface area contributed by atoms with Crippen LogP contribution in [0.4, 0.5) is 0 Å². The Labute approximate surface area is 115 Å². The maximum Gasteiger partial charge on any atom is 0.305 e. The Kier molecular flexibility index (Phi) is 5.44.